The zero-order chi connectivity index (χ0) is 14.8. The Morgan fingerprint density at radius 1 is 1.14 bits per heavy atom. The van der Waals surface area contributed by atoms with Gasteiger partial charge in [-0.2, -0.15) is 0 Å². The van der Waals surface area contributed by atoms with Crippen LogP contribution in [0.15, 0.2) is 36.4 Å². The Bertz CT molecular complexity index is 697. The first-order chi connectivity index (χ1) is 10.1. The fraction of sp³-hybridized carbons (Fsp3) is 0.235. The molecule has 0 fully saturated rings. The summed E-state index contributed by atoms with van der Waals surface area (Å²) in [4.78, 5) is 0.323. The SMILES string of the molecule is NC(=S)c1ccc(Nc2cccc3c2CCCC3)cc1Cl. The first-order valence-electron chi connectivity index (χ1n) is 7.12. The van der Waals surface area contributed by atoms with Gasteiger partial charge in [-0.15, -0.1) is 0 Å². The maximum atomic E-state index is 6.23. The van der Waals surface area contributed by atoms with E-state index in [9.17, 15) is 0 Å². The van der Waals surface area contributed by atoms with Crippen molar-refractivity contribution in [2.45, 2.75) is 25.7 Å². The van der Waals surface area contributed by atoms with Crippen LogP contribution in [0.25, 0.3) is 0 Å². The van der Waals surface area contributed by atoms with Gasteiger partial charge in [0.05, 0.1) is 5.02 Å². The summed E-state index contributed by atoms with van der Waals surface area (Å²) in [5.41, 5.74) is 11.4. The summed E-state index contributed by atoms with van der Waals surface area (Å²) in [6.45, 7) is 0. The first-order valence-corrected chi connectivity index (χ1v) is 7.91. The third-order valence-corrected chi connectivity index (χ3v) is 4.44. The molecule has 3 N–H and O–H groups in total. The predicted octanol–water partition coefficient (Wildman–Crippen LogP) is 4.60. The molecule has 4 heteroatoms. The molecule has 0 unspecified atom stereocenters. The highest BCUT2D eigenvalue weighted by Gasteiger charge is 2.13. The van der Waals surface area contributed by atoms with E-state index in [1.54, 1.807) is 0 Å². The van der Waals surface area contributed by atoms with Crippen molar-refractivity contribution in [1.82, 2.24) is 0 Å². The third-order valence-electron chi connectivity index (χ3n) is 3.91. The van der Waals surface area contributed by atoms with Gasteiger partial charge in [0.25, 0.3) is 0 Å². The largest absolute Gasteiger partial charge is 0.389 e. The van der Waals surface area contributed by atoms with Crippen LogP contribution in [-0.4, -0.2) is 4.99 Å². The molecule has 0 aromatic heterocycles. The highest BCUT2D eigenvalue weighted by Crippen LogP contribution is 2.31. The van der Waals surface area contributed by atoms with Gasteiger partial charge in [0.1, 0.15) is 4.99 Å². The van der Waals surface area contributed by atoms with Crippen LogP contribution in [0.2, 0.25) is 5.02 Å². The average Bonchev–Trinajstić information content (AvgIpc) is 2.47. The number of rotatable bonds is 3. The van der Waals surface area contributed by atoms with E-state index in [0.29, 0.717) is 15.6 Å². The molecule has 0 radical (unpaired) electrons. The lowest BCUT2D eigenvalue weighted by atomic mass is 9.90. The molecule has 108 valence electrons. The van der Waals surface area contributed by atoms with Gasteiger partial charge in [-0.1, -0.05) is 36.0 Å². The molecule has 21 heavy (non-hydrogen) atoms. The van der Waals surface area contributed by atoms with Crippen LogP contribution in [0.4, 0.5) is 11.4 Å². The van der Waals surface area contributed by atoms with Crippen LogP contribution in [0, 0.1) is 0 Å². The van der Waals surface area contributed by atoms with Crippen LogP contribution < -0.4 is 11.1 Å². The standard InChI is InChI=1S/C17H17ClN2S/c18-15-10-12(8-9-14(15)17(19)21)20-16-7-3-5-11-4-1-2-6-13(11)16/h3,5,7-10,20H,1-2,4,6H2,(H2,19,21). The smallest absolute Gasteiger partial charge is 0.105 e. The number of halogens is 1. The predicted molar refractivity (Wildman–Crippen MR) is 93.7 cm³/mol. The van der Waals surface area contributed by atoms with Gasteiger partial charge in [-0.3, -0.25) is 0 Å². The summed E-state index contributed by atoms with van der Waals surface area (Å²) in [5, 5.41) is 4.05. The second kappa shape index (κ2) is 6.04. The minimum Gasteiger partial charge on any atom is -0.389 e. The summed E-state index contributed by atoms with van der Waals surface area (Å²) >= 11 is 11.2. The summed E-state index contributed by atoms with van der Waals surface area (Å²) in [6, 6.07) is 12.2. The van der Waals surface area contributed by atoms with Crippen molar-refractivity contribution >= 4 is 40.2 Å². The number of nitrogens with two attached hydrogens (primary N) is 1. The Morgan fingerprint density at radius 2 is 1.95 bits per heavy atom. The normalized spacial score (nSPS) is 13.6. The van der Waals surface area contributed by atoms with E-state index >= 15 is 0 Å². The molecule has 1 aliphatic carbocycles. The zero-order valence-electron chi connectivity index (χ0n) is 11.7. The molecule has 0 saturated carbocycles. The lowest BCUT2D eigenvalue weighted by Crippen LogP contribution is -2.10. The average molecular weight is 317 g/mol. The molecular weight excluding hydrogens is 300 g/mol. The van der Waals surface area contributed by atoms with Crippen LogP contribution in [0.5, 0.6) is 0 Å². The minimum absolute atomic E-state index is 0.323. The van der Waals surface area contributed by atoms with Crippen LogP contribution in [-0.2, 0) is 12.8 Å². The molecule has 1 aliphatic rings. The Hall–Kier alpha value is -1.58. The minimum atomic E-state index is 0.323. The van der Waals surface area contributed by atoms with E-state index in [0.717, 1.165) is 12.1 Å². The maximum absolute atomic E-state index is 6.23. The van der Waals surface area contributed by atoms with E-state index in [2.05, 4.69) is 23.5 Å². The van der Waals surface area contributed by atoms with E-state index < -0.39 is 0 Å². The number of aryl methyl sites for hydroxylation is 1. The molecule has 3 rings (SSSR count). The van der Waals surface area contributed by atoms with Crippen molar-refractivity contribution in [1.29, 1.82) is 0 Å². The van der Waals surface area contributed by atoms with Crippen molar-refractivity contribution in [3.63, 3.8) is 0 Å². The molecule has 0 heterocycles. The highest BCUT2D eigenvalue weighted by molar-refractivity contribution is 7.80. The summed E-state index contributed by atoms with van der Waals surface area (Å²) in [6.07, 6.45) is 4.85. The number of nitrogens with one attached hydrogen (secondary N) is 1. The van der Waals surface area contributed by atoms with E-state index in [4.69, 9.17) is 29.6 Å². The fourth-order valence-electron chi connectivity index (χ4n) is 2.85. The molecule has 2 aromatic rings. The van der Waals surface area contributed by atoms with E-state index in [1.807, 2.05) is 18.2 Å². The Kier molecular flexibility index (Phi) is 4.13. The van der Waals surface area contributed by atoms with Crippen LogP contribution >= 0.6 is 23.8 Å². The second-order valence-corrected chi connectivity index (χ2v) is 6.18. The number of thiocarbonyl (C=S) groups is 1. The van der Waals surface area contributed by atoms with Gasteiger partial charge in [0.15, 0.2) is 0 Å². The van der Waals surface area contributed by atoms with Crippen LogP contribution in [0.1, 0.15) is 29.5 Å². The summed E-state index contributed by atoms with van der Waals surface area (Å²) in [5.74, 6) is 0. The summed E-state index contributed by atoms with van der Waals surface area (Å²) < 4.78 is 0. The molecule has 0 bridgehead atoms. The quantitative estimate of drug-likeness (QED) is 0.813. The molecule has 2 nitrogen and oxygen atoms in total. The summed E-state index contributed by atoms with van der Waals surface area (Å²) in [7, 11) is 0. The van der Waals surface area contributed by atoms with Gasteiger partial charge < -0.3 is 11.1 Å². The zero-order valence-corrected chi connectivity index (χ0v) is 13.2. The number of benzene rings is 2. The van der Waals surface area contributed by atoms with Crippen molar-refractivity contribution < 1.29 is 0 Å². The monoisotopic (exact) mass is 316 g/mol. The number of hydrogen-bond acceptors (Lipinski definition) is 2. The number of anilines is 2. The molecule has 0 saturated heterocycles. The van der Waals surface area contributed by atoms with Gasteiger partial charge in [0, 0.05) is 16.9 Å². The second-order valence-electron chi connectivity index (χ2n) is 5.33. The third kappa shape index (κ3) is 3.04. The van der Waals surface area contributed by atoms with Crippen molar-refractivity contribution in [3.8, 4) is 0 Å². The molecular formula is C17H17ClN2S. The molecule has 0 amide bonds. The lowest BCUT2D eigenvalue weighted by Gasteiger charge is -2.20. The Balaban J connectivity index is 1.91. The molecule has 2 aromatic carbocycles. The number of hydrogen-bond donors (Lipinski definition) is 2. The molecule has 0 aliphatic heterocycles. The van der Waals surface area contributed by atoms with E-state index in [-0.39, 0.29) is 0 Å². The van der Waals surface area contributed by atoms with Gasteiger partial charge >= 0.3 is 0 Å². The molecule has 0 atom stereocenters. The lowest BCUT2D eigenvalue weighted by molar-refractivity contribution is 0.687. The van der Waals surface area contributed by atoms with Crippen LogP contribution in [0.3, 0.4) is 0 Å². The van der Waals surface area contributed by atoms with Gasteiger partial charge in [-0.25, -0.2) is 0 Å². The van der Waals surface area contributed by atoms with Crippen molar-refractivity contribution in [3.05, 3.63) is 58.1 Å². The van der Waals surface area contributed by atoms with E-state index in [1.165, 1.54) is 36.1 Å². The number of fused-ring (bicyclic) bond motifs is 1. The van der Waals surface area contributed by atoms with Gasteiger partial charge in [0.2, 0.25) is 0 Å². The Labute approximate surface area is 135 Å². The topological polar surface area (TPSA) is 38.0 Å². The van der Waals surface area contributed by atoms with Gasteiger partial charge in [-0.05, 0) is 61.1 Å². The maximum Gasteiger partial charge on any atom is 0.105 e. The Morgan fingerprint density at radius 3 is 2.71 bits per heavy atom. The first kappa shape index (κ1) is 14.4. The van der Waals surface area contributed by atoms with Crippen molar-refractivity contribution in [2.75, 3.05) is 5.32 Å². The molecule has 0 spiro atoms. The highest BCUT2D eigenvalue weighted by atomic mass is 35.5. The van der Waals surface area contributed by atoms with Crippen molar-refractivity contribution in [2.24, 2.45) is 5.73 Å². The fourth-order valence-corrected chi connectivity index (χ4v) is 3.36.